The molecule has 4 aromatic rings. The number of carbonyl (C=O) groups excluding carboxylic acids is 2. The molecule has 12 heteroatoms. The third-order valence-electron chi connectivity index (χ3n) is 13.7. The van der Waals surface area contributed by atoms with E-state index in [1.165, 1.54) is 0 Å². The molecular formula is C54H65N3O9. The lowest BCUT2D eigenvalue weighted by molar-refractivity contribution is -0.254. The summed E-state index contributed by atoms with van der Waals surface area (Å²) in [5.41, 5.74) is 3.99. The van der Waals surface area contributed by atoms with Crippen LogP contribution in [-0.2, 0) is 20.9 Å². The molecule has 1 saturated carbocycles. The highest BCUT2D eigenvalue weighted by atomic mass is 16.8. The third kappa shape index (κ3) is 10.4. The number of aliphatic hydroxyl groups excluding tert-OH is 2. The van der Waals surface area contributed by atoms with Gasteiger partial charge < -0.3 is 44.2 Å². The molecule has 12 nitrogen and oxygen atoms in total. The SMILES string of the molecule is C=CCO[C@@]12Oc3ccc(OC(=O)NCc4ccccc4)cc3[C@H]3[C@H](CCCCO)[C@@H](CCCCO)C=C(C(=NOC4CCCCO4)C[C@@H]1N(CCC)C(=O)c1ccc4ccccc4c1)[C@H]32. The van der Waals surface area contributed by atoms with Crippen molar-refractivity contribution in [3.63, 3.8) is 0 Å². The number of benzene rings is 4. The quantitative estimate of drug-likeness (QED) is 0.0448. The zero-order valence-electron chi connectivity index (χ0n) is 38.2. The second-order valence-electron chi connectivity index (χ2n) is 18.0. The maximum Gasteiger partial charge on any atom is 0.412 e. The molecule has 2 amide bonds. The van der Waals surface area contributed by atoms with Crippen molar-refractivity contribution in [3.8, 4) is 11.5 Å². The molecule has 2 aliphatic carbocycles. The number of ether oxygens (including phenoxy) is 4. The molecule has 0 bridgehead atoms. The average Bonchev–Trinajstić information content (AvgIpc) is 3.35. The molecule has 0 aromatic heterocycles. The first-order valence-electron chi connectivity index (χ1n) is 24.0. The number of hydrogen-bond donors (Lipinski definition) is 3. The zero-order chi connectivity index (χ0) is 45.9. The van der Waals surface area contributed by atoms with Crippen LogP contribution in [0, 0.1) is 17.8 Å². The molecule has 0 radical (unpaired) electrons. The van der Waals surface area contributed by atoms with Gasteiger partial charge in [0.1, 0.15) is 17.5 Å². The number of nitrogens with one attached hydrogen (secondary N) is 1. The minimum absolute atomic E-state index is 0.00100. The summed E-state index contributed by atoms with van der Waals surface area (Å²) in [6.07, 6.45) is 11.0. The van der Waals surface area contributed by atoms with Gasteiger partial charge in [-0.15, -0.1) is 6.58 Å². The molecule has 350 valence electrons. The molecular weight excluding hydrogens is 835 g/mol. The van der Waals surface area contributed by atoms with Crippen molar-refractivity contribution in [1.29, 1.82) is 0 Å². The Morgan fingerprint density at radius 2 is 1.73 bits per heavy atom. The van der Waals surface area contributed by atoms with Crippen molar-refractivity contribution in [1.82, 2.24) is 10.2 Å². The van der Waals surface area contributed by atoms with Gasteiger partial charge in [-0.2, -0.15) is 0 Å². The van der Waals surface area contributed by atoms with Gasteiger partial charge in [0.2, 0.25) is 12.1 Å². The van der Waals surface area contributed by atoms with E-state index >= 15 is 4.79 Å². The monoisotopic (exact) mass is 899 g/mol. The van der Waals surface area contributed by atoms with E-state index in [4.69, 9.17) is 28.9 Å². The van der Waals surface area contributed by atoms with Crippen LogP contribution in [0.15, 0.2) is 120 Å². The Hall–Kier alpha value is -5.53. The summed E-state index contributed by atoms with van der Waals surface area (Å²) in [7, 11) is 0. The van der Waals surface area contributed by atoms with Gasteiger partial charge in [-0.05, 0) is 109 Å². The number of carbonyl (C=O) groups is 2. The Labute approximate surface area is 388 Å². The molecule has 8 rings (SSSR count). The van der Waals surface area contributed by atoms with Crippen LogP contribution in [0.5, 0.6) is 11.5 Å². The van der Waals surface area contributed by atoms with E-state index in [2.05, 4.69) is 24.9 Å². The largest absolute Gasteiger partial charge is 0.459 e. The van der Waals surface area contributed by atoms with Gasteiger partial charge >= 0.3 is 6.09 Å². The van der Waals surface area contributed by atoms with Gasteiger partial charge in [0.15, 0.2) is 0 Å². The Morgan fingerprint density at radius 3 is 2.48 bits per heavy atom. The van der Waals surface area contributed by atoms with Crippen LogP contribution >= 0.6 is 0 Å². The topological polar surface area (TPSA) is 148 Å². The summed E-state index contributed by atoms with van der Waals surface area (Å²) in [5.74, 6) is -1.41. The highest BCUT2D eigenvalue weighted by Gasteiger charge is 2.65. The fraction of sp³-hybridized carbons (Fsp3) is 0.463. The number of oxime groups is 1. The maximum atomic E-state index is 15.3. The van der Waals surface area contributed by atoms with Gasteiger partial charge in [0, 0.05) is 56.2 Å². The van der Waals surface area contributed by atoms with Gasteiger partial charge in [0.25, 0.3) is 5.91 Å². The highest BCUT2D eigenvalue weighted by Crippen LogP contribution is 2.62. The predicted molar refractivity (Wildman–Crippen MR) is 254 cm³/mol. The van der Waals surface area contributed by atoms with E-state index in [1.54, 1.807) is 12.1 Å². The van der Waals surface area contributed by atoms with Crippen LogP contribution in [0.3, 0.4) is 0 Å². The zero-order valence-corrected chi connectivity index (χ0v) is 38.2. The first-order chi connectivity index (χ1) is 32.4. The van der Waals surface area contributed by atoms with Crippen LogP contribution in [0.25, 0.3) is 10.8 Å². The number of amides is 2. The summed E-state index contributed by atoms with van der Waals surface area (Å²) >= 11 is 0. The van der Waals surface area contributed by atoms with Gasteiger partial charge in [-0.3, -0.25) is 4.79 Å². The second-order valence-corrected chi connectivity index (χ2v) is 18.0. The Morgan fingerprint density at radius 1 is 0.939 bits per heavy atom. The van der Waals surface area contributed by atoms with E-state index in [1.807, 2.05) is 89.8 Å². The standard InChI is InChI=1S/C54H65N3O9/c1-3-27-57(52(60)41-24-23-38-18-8-9-19-39(38)32-41)48-35-46(56-66-49-22-12-15-31-62-49)44-33-40(20-10-13-28-58)43(21-11-14-29-59)50-45-34-42(64-53(61)55-36-37-16-6-5-7-17-37)25-26-47(45)65-54(48,51(44)50)63-30-4-2/h4-9,16-19,23-26,32-34,40,43,48-51,58-59H,2-3,10-15,20-22,27-31,35-36H2,1H3,(H,55,61)/t40-,43+,48-,49?,50+,51+,54+/m0/s1. The number of hydrogen-bond acceptors (Lipinski definition) is 10. The van der Waals surface area contributed by atoms with E-state index in [0.717, 1.165) is 72.4 Å². The van der Waals surface area contributed by atoms with E-state index < -0.39 is 30.1 Å². The third-order valence-corrected chi connectivity index (χ3v) is 13.7. The lowest BCUT2D eigenvalue weighted by Gasteiger charge is -2.60. The summed E-state index contributed by atoms with van der Waals surface area (Å²) < 4.78 is 26.6. The molecule has 1 saturated heterocycles. The number of nitrogens with zero attached hydrogens (tertiary/aromatic N) is 2. The molecule has 7 atom stereocenters. The first kappa shape index (κ1) is 47.0. The van der Waals surface area contributed by atoms with Crippen molar-refractivity contribution in [2.75, 3.05) is 33.0 Å². The molecule has 3 N–H and O–H groups in total. The van der Waals surface area contributed by atoms with Crippen LogP contribution in [0.1, 0.15) is 105 Å². The summed E-state index contributed by atoms with van der Waals surface area (Å²) in [5, 5.41) is 29.9. The number of unbranched alkanes of at least 4 members (excludes halogenated alkanes) is 2. The van der Waals surface area contributed by atoms with Gasteiger partial charge in [-0.1, -0.05) is 97.7 Å². The maximum absolute atomic E-state index is 15.3. The number of allylic oxidation sites excluding steroid dienone is 1. The smallest absolute Gasteiger partial charge is 0.412 e. The van der Waals surface area contributed by atoms with Crippen LogP contribution in [0.2, 0.25) is 0 Å². The average molecular weight is 900 g/mol. The first-order valence-corrected chi connectivity index (χ1v) is 24.0. The van der Waals surface area contributed by atoms with E-state index in [0.29, 0.717) is 61.7 Å². The summed E-state index contributed by atoms with van der Waals surface area (Å²) in [6.45, 7) is 7.76. The molecule has 4 aliphatic rings. The Balaban J connectivity index is 1.29. The molecule has 2 fully saturated rings. The molecule has 1 unspecified atom stereocenters. The summed E-state index contributed by atoms with van der Waals surface area (Å²) in [6, 6.07) is 28.4. The number of rotatable bonds is 20. The molecule has 4 aromatic carbocycles. The molecule has 66 heavy (non-hydrogen) atoms. The van der Waals surface area contributed by atoms with Crippen molar-refractivity contribution >= 4 is 28.5 Å². The van der Waals surface area contributed by atoms with Crippen molar-refractivity contribution < 1.29 is 43.6 Å². The number of fused-ring (bicyclic) bond motifs is 3. The van der Waals surface area contributed by atoms with Crippen molar-refractivity contribution in [2.24, 2.45) is 22.9 Å². The molecule has 2 aliphatic heterocycles. The molecule has 2 heterocycles. The normalized spacial score (nSPS) is 24.9. The van der Waals surface area contributed by atoms with E-state index in [9.17, 15) is 15.0 Å². The second kappa shape index (κ2) is 22.3. The highest BCUT2D eigenvalue weighted by molar-refractivity contribution is 6.04. The molecule has 0 spiro atoms. The van der Waals surface area contributed by atoms with Gasteiger partial charge in [0.05, 0.1) is 24.8 Å². The van der Waals surface area contributed by atoms with E-state index in [-0.39, 0.29) is 49.9 Å². The number of aliphatic hydroxyl groups is 2. The van der Waals surface area contributed by atoms with Crippen molar-refractivity contribution in [2.45, 2.75) is 108 Å². The minimum atomic E-state index is -1.43. The lowest BCUT2D eigenvalue weighted by Crippen LogP contribution is -2.70. The van der Waals surface area contributed by atoms with Gasteiger partial charge in [-0.25, -0.2) is 4.79 Å². The van der Waals surface area contributed by atoms with Crippen molar-refractivity contribution in [3.05, 3.63) is 132 Å². The van der Waals surface area contributed by atoms with Crippen LogP contribution < -0.4 is 14.8 Å². The lowest BCUT2D eigenvalue weighted by atomic mass is 9.55. The van der Waals surface area contributed by atoms with Crippen LogP contribution in [-0.4, -0.2) is 83.9 Å². The Kier molecular flexibility index (Phi) is 15.9. The summed E-state index contributed by atoms with van der Waals surface area (Å²) in [4.78, 5) is 36.9. The minimum Gasteiger partial charge on any atom is -0.459 e. The fourth-order valence-corrected chi connectivity index (χ4v) is 10.7. The van der Waals surface area contributed by atoms with Crippen LogP contribution in [0.4, 0.5) is 4.79 Å². The fourth-order valence-electron chi connectivity index (χ4n) is 10.7. The Bertz CT molecular complexity index is 2350. The predicted octanol–water partition coefficient (Wildman–Crippen LogP) is 9.84.